The van der Waals surface area contributed by atoms with Crippen LogP contribution in [0.4, 0.5) is 5.13 Å². The van der Waals surface area contributed by atoms with Crippen LogP contribution >= 0.6 is 23.7 Å². The summed E-state index contributed by atoms with van der Waals surface area (Å²) in [5.74, 6) is -0.669. The summed E-state index contributed by atoms with van der Waals surface area (Å²) < 4.78 is 0. The number of thiazole rings is 1. The van der Waals surface area contributed by atoms with Gasteiger partial charge in [0.25, 0.3) is 0 Å². The van der Waals surface area contributed by atoms with Crippen molar-refractivity contribution < 1.29 is 9.59 Å². The molecule has 0 bridgehead atoms. The van der Waals surface area contributed by atoms with Crippen LogP contribution in [0.3, 0.4) is 0 Å². The Morgan fingerprint density at radius 2 is 2.00 bits per heavy atom. The number of carbonyl (C=O) groups excluding carboxylic acids is 2. The smallest absolute Gasteiger partial charge is 0.245 e. The number of nitrogens with two attached hydrogens (primary N) is 1. The van der Waals surface area contributed by atoms with Gasteiger partial charge in [-0.15, -0.1) is 23.7 Å². The summed E-state index contributed by atoms with van der Waals surface area (Å²) in [6.07, 6.45) is 0. The monoisotopic (exact) mass is 278 g/mol. The molecule has 96 valence electrons. The molecule has 1 rings (SSSR count). The van der Waals surface area contributed by atoms with Crippen molar-refractivity contribution >= 4 is 40.7 Å². The fraction of sp³-hybridized carbons (Fsp3) is 0.444. The van der Waals surface area contributed by atoms with Crippen LogP contribution in [-0.4, -0.2) is 29.9 Å². The number of aryl methyl sites for hydroxylation is 2. The van der Waals surface area contributed by atoms with Crippen molar-refractivity contribution in [2.24, 2.45) is 5.73 Å². The molecule has 0 fully saturated rings. The molecule has 0 aliphatic heterocycles. The predicted octanol–water partition coefficient (Wildman–Crippen LogP) is 0.195. The van der Waals surface area contributed by atoms with Gasteiger partial charge < -0.3 is 16.4 Å². The van der Waals surface area contributed by atoms with E-state index >= 15 is 0 Å². The quantitative estimate of drug-likeness (QED) is 0.733. The highest BCUT2D eigenvalue weighted by molar-refractivity contribution is 7.15. The van der Waals surface area contributed by atoms with Gasteiger partial charge in [-0.3, -0.25) is 9.59 Å². The topological polar surface area (TPSA) is 97.1 Å². The summed E-state index contributed by atoms with van der Waals surface area (Å²) in [5, 5.41) is 5.51. The maximum absolute atomic E-state index is 11.4. The number of nitrogens with zero attached hydrogens (tertiary/aromatic N) is 1. The van der Waals surface area contributed by atoms with E-state index in [0.29, 0.717) is 5.13 Å². The minimum atomic E-state index is -0.360. The van der Waals surface area contributed by atoms with Gasteiger partial charge in [-0.25, -0.2) is 4.98 Å². The van der Waals surface area contributed by atoms with E-state index in [4.69, 9.17) is 5.73 Å². The standard InChI is InChI=1S/C9H14N4O2S.ClH/c1-5-6(2)16-9(12-5)13-8(15)4-11-7(14)3-10;/h3-4,10H2,1-2H3,(H,11,14)(H,12,13,15);1H. The Bertz CT molecular complexity index is 388. The van der Waals surface area contributed by atoms with Crippen molar-refractivity contribution in [2.45, 2.75) is 13.8 Å². The third-order valence-electron chi connectivity index (χ3n) is 1.91. The zero-order chi connectivity index (χ0) is 12.1. The summed E-state index contributed by atoms with van der Waals surface area (Å²) in [6.45, 7) is 3.59. The van der Waals surface area contributed by atoms with Gasteiger partial charge in [0.2, 0.25) is 11.8 Å². The van der Waals surface area contributed by atoms with Crippen LogP contribution in [0, 0.1) is 13.8 Å². The van der Waals surface area contributed by atoms with Crippen LogP contribution < -0.4 is 16.4 Å². The SMILES string of the molecule is Cc1nc(NC(=O)CNC(=O)CN)sc1C.Cl. The number of halogens is 1. The molecule has 17 heavy (non-hydrogen) atoms. The van der Waals surface area contributed by atoms with E-state index in [2.05, 4.69) is 15.6 Å². The lowest BCUT2D eigenvalue weighted by Gasteiger charge is -2.02. The number of nitrogens with one attached hydrogen (secondary N) is 2. The first-order valence-electron chi connectivity index (χ1n) is 4.73. The van der Waals surface area contributed by atoms with E-state index in [1.165, 1.54) is 11.3 Å². The van der Waals surface area contributed by atoms with E-state index < -0.39 is 0 Å². The molecule has 0 aliphatic carbocycles. The molecule has 8 heteroatoms. The van der Waals surface area contributed by atoms with Crippen LogP contribution in [0.15, 0.2) is 0 Å². The highest BCUT2D eigenvalue weighted by Crippen LogP contribution is 2.20. The number of hydrogen-bond acceptors (Lipinski definition) is 5. The molecule has 0 radical (unpaired) electrons. The Hall–Kier alpha value is -1.18. The molecule has 1 aromatic heterocycles. The van der Waals surface area contributed by atoms with Crippen molar-refractivity contribution in [3.8, 4) is 0 Å². The van der Waals surface area contributed by atoms with Gasteiger partial charge in [-0.1, -0.05) is 0 Å². The minimum Gasteiger partial charge on any atom is -0.346 e. The summed E-state index contributed by atoms with van der Waals surface area (Å²) in [7, 11) is 0. The first kappa shape index (κ1) is 15.8. The fourth-order valence-electron chi connectivity index (χ4n) is 0.941. The van der Waals surface area contributed by atoms with Gasteiger partial charge in [0.1, 0.15) is 0 Å². The molecule has 0 unspecified atom stereocenters. The van der Waals surface area contributed by atoms with E-state index in [9.17, 15) is 9.59 Å². The third-order valence-corrected chi connectivity index (χ3v) is 2.89. The highest BCUT2D eigenvalue weighted by atomic mass is 35.5. The number of rotatable bonds is 4. The molecule has 0 aromatic carbocycles. The van der Waals surface area contributed by atoms with E-state index in [1.54, 1.807) is 0 Å². The summed E-state index contributed by atoms with van der Waals surface area (Å²) in [4.78, 5) is 27.4. The van der Waals surface area contributed by atoms with Gasteiger partial charge >= 0.3 is 0 Å². The van der Waals surface area contributed by atoms with Crippen molar-refractivity contribution in [3.63, 3.8) is 0 Å². The zero-order valence-electron chi connectivity index (χ0n) is 9.57. The Morgan fingerprint density at radius 3 is 2.47 bits per heavy atom. The molecule has 1 heterocycles. The molecule has 1 aromatic rings. The molecule has 4 N–H and O–H groups in total. The Morgan fingerprint density at radius 1 is 1.35 bits per heavy atom. The molecular formula is C9H15ClN4O2S. The molecule has 0 saturated heterocycles. The number of carbonyl (C=O) groups is 2. The summed E-state index contributed by atoms with van der Waals surface area (Å²) >= 11 is 1.40. The molecule has 2 amide bonds. The summed E-state index contributed by atoms with van der Waals surface area (Å²) in [6, 6.07) is 0. The largest absolute Gasteiger partial charge is 0.346 e. The maximum Gasteiger partial charge on any atom is 0.245 e. The highest BCUT2D eigenvalue weighted by Gasteiger charge is 2.08. The number of amides is 2. The Kier molecular flexibility index (Phi) is 6.71. The van der Waals surface area contributed by atoms with Gasteiger partial charge in [-0.05, 0) is 13.8 Å². The van der Waals surface area contributed by atoms with E-state index in [1.807, 2.05) is 13.8 Å². The average molecular weight is 279 g/mol. The lowest BCUT2D eigenvalue weighted by molar-refractivity contribution is -0.123. The molecule has 6 nitrogen and oxygen atoms in total. The second-order valence-corrected chi connectivity index (χ2v) is 4.39. The normalized spacial score (nSPS) is 9.35. The van der Waals surface area contributed by atoms with Gasteiger partial charge in [0.05, 0.1) is 18.8 Å². The molecular weight excluding hydrogens is 264 g/mol. The van der Waals surface area contributed by atoms with Crippen molar-refractivity contribution in [1.29, 1.82) is 0 Å². The van der Waals surface area contributed by atoms with Crippen molar-refractivity contribution in [1.82, 2.24) is 10.3 Å². The number of anilines is 1. The number of aromatic nitrogens is 1. The second-order valence-electron chi connectivity index (χ2n) is 3.19. The van der Waals surface area contributed by atoms with Crippen LogP contribution in [-0.2, 0) is 9.59 Å². The lowest BCUT2D eigenvalue weighted by Crippen LogP contribution is -2.36. The molecule has 0 saturated carbocycles. The van der Waals surface area contributed by atoms with Crippen LogP contribution in [0.25, 0.3) is 0 Å². The first-order chi connectivity index (χ1) is 7.52. The Labute approximate surface area is 109 Å². The molecule has 0 aliphatic rings. The first-order valence-corrected chi connectivity index (χ1v) is 5.55. The van der Waals surface area contributed by atoms with Crippen LogP contribution in [0.5, 0.6) is 0 Å². The average Bonchev–Trinajstić information content (AvgIpc) is 2.54. The minimum absolute atomic E-state index is 0. The third kappa shape index (κ3) is 5.12. The van der Waals surface area contributed by atoms with Gasteiger partial charge in [0, 0.05) is 4.88 Å². The van der Waals surface area contributed by atoms with Gasteiger partial charge in [0.15, 0.2) is 5.13 Å². The Balaban J connectivity index is 0.00000256. The fourth-order valence-corrected chi connectivity index (χ4v) is 1.77. The van der Waals surface area contributed by atoms with Crippen LogP contribution in [0.1, 0.15) is 10.6 Å². The number of hydrogen-bond donors (Lipinski definition) is 3. The maximum atomic E-state index is 11.4. The second kappa shape index (κ2) is 7.21. The molecule has 0 atom stereocenters. The van der Waals surface area contributed by atoms with Crippen molar-refractivity contribution in [2.75, 3.05) is 18.4 Å². The molecule has 0 spiro atoms. The van der Waals surface area contributed by atoms with Gasteiger partial charge in [-0.2, -0.15) is 0 Å². The van der Waals surface area contributed by atoms with Crippen molar-refractivity contribution in [3.05, 3.63) is 10.6 Å². The summed E-state index contributed by atoms with van der Waals surface area (Å²) in [5.41, 5.74) is 5.97. The van der Waals surface area contributed by atoms with E-state index in [-0.39, 0.29) is 37.3 Å². The van der Waals surface area contributed by atoms with E-state index in [0.717, 1.165) is 10.6 Å². The predicted molar refractivity (Wildman–Crippen MR) is 69.5 cm³/mol. The lowest BCUT2D eigenvalue weighted by atomic mass is 10.4. The zero-order valence-corrected chi connectivity index (χ0v) is 11.2. The van der Waals surface area contributed by atoms with Crippen LogP contribution in [0.2, 0.25) is 0 Å².